The van der Waals surface area contributed by atoms with Crippen LogP contribution in [0.3, 0.4) is 0 Å². The number of carbonyl (C=O) groups is 2. The maximum Gasteiger partial charge on any atom is 0.251 e. The molecule has 0 aliphatic heterocycles. The zero-order chi connectivity index (χ0) is 26.7. The summed E-state index contributed by atoms with van der Waals surface area (Å²) >= 11 is 1.70. The fourth-order valence-corrected chi connectivity index (χ4v) is 4.91. The molecule has 36 heavy (non-hydrogen) atoms. The first-order valence-electron chi connectivity index (χ1n) is 12.7. The van der Waals surface area contributed by atoms with Gasteiger partial charge in [0.25, 0.3) is 5.91 Å². The third-order valence-corrected chi connectivity index (χ3v) is 6.89. The van der Waals surface area contributed by atoms with Gasteiger partial charge in [0, 0.05) is 29.5 Å². The van der Waals surface area contributed by atoms with E-state index in [0.29, 0.717) is 17.8 Å². The molecular weight excluding hydrogens is 470 g/mol. The molecule has 2 heterocycles. The van der Waals surface area contributed by atoms with Gasteiger partial charge in [-0.1, -0.05) is 46.4 Å². The maximum atomic E-state index is 13.1. The van der Waals surface area contributed by atoms with E-state index in [4.69, 9.17) is 10.2 Å². The van der Waals surface area contributed by atoms with E-state index in [2.05, 4.69) is 47.1 Å². The van der Waals surface area contributed by atoms with Crippen molar-refractivity contribution in [2.45, 2.75) is 78.8 Å². The lowest BCUT2D eigenvalue weighted by molar-refractivity contribution is -0.127. The van der Waals surface area contributed by atoms with Gasteiger partial charge >= 0.3 is 0 Å². The second-order valence-electron chi connectivity index (χ2n) is 9.21. The van der Waals surface area contributed by atoms with Crippen LogP contribution in [0.15, 0.2) is 29.7 Å². The van der Waals surface area contributed by atoms with E-state index in [9.17, 15) is 9.59 Å². The SMILES string of the molecule is C=C(/C=c1/nc(Cc2cccs2)n(C(CC)CC)/c1=C/C)C(=O)N[C@@H](CC(C)C)C(=O)NCCC#N. The lowest BCUT2D eigenvalue weighted by Gasteiger charge is -2.20. The first-order chi connectivity index (χ1) is 17.2. The van der Waals surface area contributed by atoms with Crippen molar-refractivity contribution in [2.75, 3.05) is 6.54 Å². The number of rotatable bonds is 13. The van der Waals surface area contributed by atoms with Crippen LogP contribution in [0.1, 0.15) is 77.0 Å². The molecule has 1 atom stereocenters. The Morgan fingerprint density at radius 2 is 2.03 bits per heavy atom. The zero-order valence-corrected chi connectivity index (χ0v) is 23.0. The van der Waals surface area contributed by atoms with Gasteiger partial charge in [0.15, 0.2) is 0 Å². The normalized spacial score (nSPS) is 13.2. The molecule has 0 saturated carbocycles. The molecule has 0 radical (unpaired) electrons. The van der Waals surface area contributed by atoms with Crippen LogP contribution in [0.5, 0.6) is 0 Å². The number of nitrogens with one attached hydrogen (secondary N) is 2. The van der Waals surface area contributed by atoms with Gasteiger partial charge in [0.05, 0.1) is 23.2 Å². The molecule has 0 aromatic carbocycles. The summed E-state index contributed by atoms with van der Waals surface area (Å²) in [6.07, 6.45) is 7.12. The van der Waals surface area contributed by atoms with Crippen LogP contribution in [-0.2, 0) is 16.0 Å². The standard InChI is InChI=1S/C28H39N5O2S/c1-7-21(8-2)33-25(9-3)23(31-26(33)18-22-12-10-15-36-22)17-20(6)27(34)32-24(16-19(4)5)28(35)30-14-11-13-29/h9-10,12,15,17,19,21,24H,6-8,11,14,16,18H2,1-5H3,(H,30,35)(H,32,34)/b23-17+,25-9+/t24-/m0/s1. The summed E-state index contributed by atoms with van der Waals surface area (Å²) in [7, 11) is 0. The Kier molecular flexibility index (Phi) is 11.6. The Hall–Kier alpha value is -3.18. The van der Waals surface area contributed by atoms with Gasteiger partial charge in [-0.3, -0.25) is 9.59 Å². The Balaban J connectivity index is 2.38. The average molecular weight is 510 g/mol. The van der Waals surface area contributed by atoms with E-state index < -0.39 is 11.9 Å². The van der Waals surface area contributed by atoms with Crippen molar-refractivity contribution in [3.8, 4) is 6.07 Å². The molecule has 0 unspecified atom stereocenters. The van der Waals surface area contributed by atoms with Crippen molar-refractivity contribution < 1.29 is 9.59 Å². The second-order valence-corrected chi connectivity index (χ2v) is 10.2. The van der Waals surface area contributed by atoms with E-state index in [1.165, 1.54) is 4.88 Å². The highest BCUT2D eigenvalue weighted by Gasteiger charge is 2.23. The van der Waals surface area contributed by atoms with Gasteiger partial charge < -0.3 is 15.2 Å². The van der Waals surface area contributed by atoms with Crippen LogP contribution in [0.4, 0.5) is 0 Å². The molecule has 0 fully saturated rings. The molecule has 194 valence electrons. The van der Waals surface area contributed by atoms with Gasteiger partial charge in [-0.15, -0.1) is 11.3 Å². The number of carbonyl (C=O) groups excluding carboxylic acids is 2. The van der Waals surface area contributed by atoms with Gasteiger partial charge in [0.2, 0.25) is 5.91 Å². The molecule has 2 aromatic rings. The van der Waals surface area contributed by atoms with Crippen molar-refractivity contribution in [2.24, 2.45) is 5.92 Å². The molecule has 0 saturated heterocycles. The predicted octanol–water partition coefficient (Wildman–Crippen LogP) is 3.59. The molecule has 0 aliphatic carbocycles. The molecule has 2 aromatic heterocycles. The summed E-state index contributed by atoms with van der Waals surface area (Å²) in [5.74, 6) is 0.466. The molecule has 0 spiro atoms. The fraction of sp³-hybridized carbons (Fsp3) is 0.500. The van der Waals surface area contributed by atoms with Crippen LogP contribution in [0.25, 0.3) is 12.2 Å². The lowest BCUT2D eigenvalue weighted by atomic mass is 10.0. The topological polar surface area (TPSA) is 99.8 Å². The molecule has 0 bridgehead atoms. The summed E-state index contributed by atoms with van der Waals surface area (Å²) in [6.45, 7) is 14.6. The van der Waals surface area contributed by atoms with Gasteiger partial charge in [-0.05, 0) is 49.6 Å². The van der Waals surface area contributed by atoms with Crippen LogP contribution in [0.2, 0.25) is 0 Å². The van der Waals surface area contributed by atoms with Crippen molar-refractivity contribution >= 4 is 35.3 Å². The number of thiophene rings is 1. The summed E-state index contributed by atoms with van der Waals surface area (Å²) in [4.78, 5) is 31.8. The largest absolute Gasteiger partial charge is 0.353 e. The fourth-order valence-electron chi connectivity index (χ4n) is 4.21. The first-order valence-corrected chi connectivity index (χ1v) is 13.5. The van der Waals surface area contributed by atoms with Crippen molar-refractivity contribution in [3.05, 3.63) is 51.1 Å². The van der Waals surface area contributed by atoms with E-state index in [-0.39, 0.29) is 30.4 Å². The molecule has 8 heteroatoms. The Morgan fingerprint density at radius 1 is 1.31 bits per heavy atom. The number of hydrogen-bond acceptors (Lipinski definition) is 5. The van der Waals surface area contributed by atoms with Crippen LogP contribution >= 0.6 is 11.3 Å². The van der Waals surface area contributed by atoms with Crippen molar-refractivity contribution in [1.29, 1.82) is 5.26 Å². The minimum absolute atomic E-state index is 0.200. The number of hydrogen-bond donors (Lipinski definition) is 2. The van der Waals surface area contributed by atoms with E-state index in [0.717, 1.165) is 30.4 Å². The van der Waals surface area contributed by atoms with E-state index in [1.54, 1.807) is 17.4 Å². The highest BCUT2D eigenvalue weighted by molar-refractivity contribution is 7.09. The number of nitrogens with zero attached hydrogens (tertiary/aromatic N) is 3. The van der Waals surface area contributed by atoms with Crippen molar-refractivity contribution in [3.63, 3.8) is 0 Å². The third-order valence-electron chi connectivity index (χ3n) is 6.01. The summed E-state index contributed by atoms with van der Waals surface area (Å²) in [5, 5.41) is 18.0. The monoisotopic (exact) mass is 509 g/mol. The minimum Gasteiger partial charge on any atom is -0.353 e. The number of nitriles is 1. The minimum atomic E-state index is -0.699. The quantitative estimate of drug-likeness (QED) is 0.318. The number of imidazole rings is 1. The van der Waals surface area contributed by atoms with Gasteiger partial charge in [0.1, 0.15) is 11.9 Å². The van der Waals surface area contributed by atoms with Gasteiger partial charge in [-0.2, -0.15) is 5.26 Å². The van der Waals surface area contributed by atoms with Crippen molar-refractivity contribution in [1.82, 2.24) is 20.2 Å². The maximum absolute atomic E-state index is 13.1. The predicted molar refractivity (Wildman–Crippen MR) is 147 cm³/mol. The van der Waals surface area contributed by atoms with Gasteiger partial charge in [-0.25, -0.2) is 4.98 Å². The molecule has 7 nitrogen and oxygen atoms in total. The summed E-state index contributed by atoms with van der Waals surface area (Å²) in [5.41, 5.74) is 0.244. The smallest absolute Gasteiger partial charge is 0.251 e. The Labute approximate surface area is 218 Å². The third kappa shape index (κ3) is 7.92. The van der Waals surface area contributed by atoms with Crippen LogP contribution < -0.4 is 21.3 Å². The van der Waals surface area contributed by atoms with Crippen LogP contribution in [0, 0.1) is 17.2 Å². The summed E-state index contributed by atoms with van der Waals surface area (Å²) < 4.78 is 2.29. The summed E-state index contributed by atoms with van der Waals surface area (Å²) in [6, 6.07) is 5.76. The number of aromatic nitrogens is 2. The Bertz CT molecular complexity index is 1180. The lowest BCUT2D eigenvalue weighted by Crippen LogP contribution is -2.48. The second kappa shape index (κ2) is 14.4. The molecule has 2 N–H and O–H groups in total. The highest BCUT2D eigenvalue weighted by Crippen LogP contribution is 2.18. The molecule has 0 aliphatic rings. The zero-order valence-electron chi connectivity index (χ0n) is 22.1. The Morgan fingerprint density at radius 3 is 2.58 bits per heavy atom. The molecule has 2 amide bonds. The molecule has 2 rings (SSSR count). The average Bonchev–Trinajstić information content (AvgIpc) is 3.47. The van der Waals surface area contributed by atoms with Crippen LogP contribution in [-0.4, -0.2) is 34.0 Å². The van der Waals surface area contributed by atoms with E-state index in [1.807, 2.05) is 39.0 Å². The van der Waals surface area contributed by atoms with E-state index >= 15 is 0 Å². The first kappa shape index (κ1) is 29.1. The number of amides is 2. The highest BCUT2D eigenvalue weighted by atomic mass is 32.1. The molecular formula is C28H39N5O2S.